The Labute approximate surface area is 115 Å². The van der Waals surface area contributed by atoms with Crippen LogP contribution in [-0.2, 0) is 4.79 Å². The van der Waals surface area contributed by atoms with E-state index < -0.39 is 29.0 Å². The number of carbonyl (C=O) groups excluding carboxylic acids is 1. The van der Waals surface area contributed by atoms with Gasteiger partial charge in [-0.2, -0.15) is 0 Å². The van der Waals surface area contributed by atoms with Crippen LogP contribution in [0.5, 0.6) is 0 Å². The van der Waals surface area contributed by atoms with Crippen molar-refractivity contribution in [1.29, 1.82) is 0 Å². The molecule has 0 aromatic heterocycles. The van der Waals surface area contributed by atoms with E-state index in [9.17, 15) is 18.0 Å². The summed E-state index contributed by atoms with van der Waals surface area (Å²) in [5.41, 5.74) is 0.286. The molecular formula is C16H15F3O. The molecule has 1 atom stereocenters. The molecule has 0 N–H and O–H groups in total. The zero-order valence-electron chi connectivity index (χ0n) is 11.3. The minimum atomic E-state index is -3.27. The molecule has 1 aromatic rings. The Morgan fingerprint density at radius 2 is 1.80 bits per heavy atom. The van der Waals surface area contributed by atoms with Crippen molar-refractivity contribution >= 4 is 5.78 Å². The first kappa shape index (κ1) is 14.6. The van der Waals surface area contributed by atoms with Gasteiger partial charge < -0.3 is 0 Å². The number of carbonyl (C=O) groups is 1. The Hall–Kier alpha value is -1.84. The maximum absolute atomic E-state index is 14.6. The number of hydrogen-bond donors (Lipinski definition) is 0. The number of ketones is 1. The van der Waals surface area contributed by atoms with Gasteiger partial charge in [-0.15, -0.1) is 0 Å². The Balaban J connectivity index is 2.49. The summed E-state index contributed by atoms with van der Waals surface area (Å²) in [6.45, 7) is 3.14. The van der Waals surface area contributed by atoms with E-state index in [1.54, 1.807) is 13.8 Å². The molecule has 0 heterocycles. The normalized spacial score (nSPS) is 21.1. The highest BCUT2D eigenvalue weighted by Gasteiger charge is 2.48. The van der Waals surface area contributed by atoms with Crippen molar-refractivity contribution in [3.8, 4) is 0 Å². The van der Waals surface area contributed by atoms with E-state index in [-0.39, 0.29) is 6.42 Å². The molecule has 1 unspecified atom stereocenters. The fraction of sp³-hybridized carbons (Fsp3) is 0.312. The fourth-order valence-electron chi connectivity index (χ4n) is 2.46. The highest BCUT2D eigenvalue weighted by Crippen LogP contribution is 2.46. The average molecular weight is 280 g/mol. The highest BCUT2D eigenvalue weighted by molar-refractivity contribution is 5.97. The largest absolute Gasteiger partial charge is 0.294 e. The number of allylic oxidation sites excluding steroid dienone is 4. The predicted octanol–water partition coefficient (Wildman–Crippen LogP) is 4.41. The molecular weight excluding hydrogens is 265 g/mol. The van der Waals surface area contributed by atoms with E-state index in [0.29, 0.717) is 11.1 Å². The monoisotopic (exact) mass is 280 g/mol. The Morgan fingerprint density at radius 1 is 1.20 bits per heavy atom. The quantitative estimate of drug-likeness (QED) is 0.801. The molecule has 106 valence electrons. The predicted molar refractivity (Wildman–Crippen MR) is 71.2 cm³/mol. The third-order valence-electron chi connectivity index (χ3n) is 3.51. The summed E-state index contributed by atoms with van der Waals surface area (Å²) in [4.78, 5) is 11.7. The first-order valence-electron chi connectivity index (χ1n) is 6.43. The SMILES string of the molecule is CCC(=O)C1=CC=C(C)C(c2ccc(F)cc2)C1(F)F. The van der Waals surface area contributed by atoms with Gasteiger partial charge in [0.2, 0.25) is 0 Å². The first-order chi connectivity index (χ1) is 9.37. The number of rotatable bonds is 3. The van der Waals surface area contributed by atoms with Gasteiger partial charge in [0.1, 0.15) is 5.82 Å². The molecule has 1 aliphatic rings. The van der Waals surface area contributed by atoms with Crippen molar-refractivity contribution in [1.82, 2.24) is 0 Å². The molecule has 1 aromatic carbocycles. The number of benzene rings is 1. The minimum absolute atomic E-state index is 0.0322. The highest BCUT2D eigenvalue weighted by atomic mass is 19.3. The third-order valence-corrected chi connectivity index (χ3v) is 3.51. The van der Waals surface area contributed by atoms with Crippen molar-refractivity contribution in [2.75, 3.05) is 0 Å². The van der Waals surface area contributed by atoms with E-state index in [0.717, 1.165) is 12.1 Å². The van der Waals surface area contributed by atoms with Crippen LogP contribution in [0.4, 0.5) is 13.2 Å². The van der Waals surface area contributed by atoms with Crippen LogP contribution in [0.15, 0.2) is 47.6 Å². The Kier molecular flexibility index (Phi) is 3.84. The molecule has 0 radical (unpaired) electrons. The van der Waals surface area contributed by atoms with Crippen LogP contribution in [0.25, 0.3) is 0 Å². The molecule has 0 aliphatic heterocycles. The van der Waals surface area contributed by atoms with Gasteiger partial charge in [-0.1, -0.05) is 30.7 Å². The maximum Gasteiger partial charge on any atom is 0.287 e. The second kappa shape index (κ2) is 5.27. The average Bonchev–Trinajstić information content (AvgIpc) is 2.39. The van der Waals surface area contributed by atoms with Crippen LogP contribution < -0.4 is 0 Å². The maximum atomic E-state index is 14.6. The summed E-state index contributed by atoms with van der Waals surface area (Å²) in [6.07, 6.45) is 2.76. The van der Waals surface area contributed by atoms with E-state index in [1.807, 2.05) is 0 Å². The lowest BCUT2D eigenvalue weighted by Crippen LogP contribution is -2.35. The van der Waals surface area contributed by atoms with Crippen molar-refractivity contribution in [3.05, 3.63) is 58.9 Å². The Bertz CT molecular complexity index is 582. The molecule has 0 bridgehead atoms. The van der Waals surface area contributed by atoms with Crippen molar-refractivity contribution < 1.29 is 18.0 Å². The molecule has 1 aliphatic carbocycles. The summed E-state index contributed by atoms with van der Waals surface area (Å²) in [6, 6.07) is 4.98. The van der Waals surface area contributed by atoms with Crippen LogP contribution in [-0.4, -0.2) is 11.7 Å². The smallest absolute Gasteiger partial charge is 0.287 e. The lowest BCUT2D eigenvalue weighted by molar-refractivity contribution is -0.118. The second-order valence-electron chi connectivity index (χ2n) is 4.88. The van der Waals surface area contributed by atoms with Gasteiger partial charge in [0.25, 0.3) is 5.92 Å². The molecule has 0 fully saturated rings. The van der Waals surface area contributed by atoms with Gasteiger partial charge >= 0.3 is 0 Å². The van der Waals surface area contributed by atoms with Crippen LogP contribution in [0.2, 0.25) is 0 Å². The lowest BCUT2D eigenvalue weighted by Gasteiger charge is -2.32. The molecule has 1 nitrogen and oxygen atoms in total. The van der Waals surface area contributed by atoms with Crippen LogP contribution in [0.1, 0.15) is 31.7 Å². The summed E-state index contributed by atoms with van der Waals surface area (Å²) >= 11 is 0. The number of Topliss-reactive ketones (excluding diaryl/α,β-unsaturated/α-hetero) is 1. The van der Waals surface area contributed by atoms with Crippen molar-refractivity contribution in [2.45, 2.75) is 32.1 Å². The molecule has 2 rings (SSSR count). The van der Waals surface area contributed by atoms with Crippen molar-refractivity contribution in [3.63, 3.8) is 0 Å². The number of hydrogen-bond acceptors (Lipinski definition) is 1. The molecule has 20 heavy (non-hydrogen) atoms. The minimum Gasteiger partial charge on any atom is -0.294 e. The van der Waals surface area contributed by atoms with Crippen LogP contribution >= 0.6 is 0 Å². The number of alkyl halides is 2. The lowest BCUT2D eigenvalue weighted by atomic mass is 9.78. The summed E-state index contributed by atoms with van der Waals surface area (Å²) in [5, 5.41) is 0. The van der Waals surface area contributed by atoms with Gasteiger partial charge in [-0.3, -0.25) is 4.79 Å². The van der Waals surface area contributed by atoms with Gasteiger partial charge in [0.05, 0.1) is 11.5 Å². The topological polar surface area (TPSA) is 17.1 Å². The van der Waals surface area contributed by atoms with Gasteiger partial charge in [0, 0.05) is 6.42 Å². The van der Waals surface area contributed by atoms with Crippen LogP contribution in [0, 0.1) is 5.82 Å². The zero-order chi connectivity index (χ0) is 14.9. The molecule has 0 saturated carbocycles. The Morgan fingerprint density at radius 3 is 2.35 bits per heavy atom. The first-order valence-corrected chi connectivity index (χ1v) is 6.43. The fourth-order valence-corrected chi connectivity index (χ4v) is 2.46. The summed E-state index contributed by atoms with van der Waals surface area (Å²) in [7, 11) is 0. The van der Waals surface area contributed by atoms with E-state index in [1.165, 1.54) is 24.3 Å². The summed E-state index contributed by atoms with van der Waals surface area (Å²) < 4.78 is 42.1. The van der Waals surface area contributed by atoms with Crippen molar-refractivity contribution in [2.24, 2.45) is 0 Å². The molecule has 0 spiro atoms. The van der Waals surface area contributed by atoms with Gasteiger partial charge in [0.15, 0.2) is 5.78 Å². The zero-order valence-corrected chi connectivity index (χ0v) is 11.3. The van der Waals surface area contributed by atoms with Crippen LogP contribution in [0.3, 0.4) is 0 Å². The molecule has 0 saturated heterocycles. The third kappa shape index (κ3) is 2.42. The van der Waals surface area contributed by atoms with E-state index in [4.69, 9.17) is 0 Å². The summed E-state index contributed by atoms with van der Waals surface area (Å²) in [5.74, 6) is -5.54. The van der Waals surface area contributed by atoms with Gasteiger partial charge in [-0.05, 0) is 30.7 Å². The number of halogens is 3. The standard InChI is InChI=1S/C16H15F3O/c1-3-14(20)13-9-4-10(2)15(16(13,18)19)11-5-7-12(17)8-6-11/h4-9,15H,3H2,1-2H3. The second-order valence-corrected chi connectivity index (χ2v) is 4.88. The molecule has 4 heteroatoms. The van der Waals surface area contributed by atoms with Gasteiger partial charge in [-0.25, -0.2) is 13.2 Å². The van der Waals surface area contributed by atoms with E-state index >= 15 is 0 Å². The molecule has 0 amide bonds. The van der Waals surface area contributed by atoms with E-state index in [2.05, 4.69) is 0 Å².